The summed E-state index contributed by atoms with van der Waals surface area (Å²) in [7, 11) is 4.05. The molecule has 4 rings (SSSR count). The molecule has 26 heavy (non-hydrogen) atoms. The predicted octanol–water partition coefficient (Wildman–Crippen LogP) is 2.48. The molecule has 2 heterocycles. The van der Waals surface area contributed by atoms with Gasteiger partial charge in [-0.25, -0.2) is 9.07 Å². The summed E-state index contributed by atoms with van der Waals surface area (Å²) in [6.07, 6.45) is 0. The Morgan fingerprint density at radius 3 is 2.46 bits per heavy atom. The zero-order chi connectivity index (χ0) is 18.1. The number of nitrogens with zero attached hydrogens (tertiary/aromatic N) is 6. The minimum atomic E-state index is -0.216. The number of hydrogen-bond acceptors (Lipinski definition) is 5. The fraction of sp³-hybridized carbons (Fsp3) is 0.316. The van der Waals surface area contributed by atoms with Crippen LogP contribution in [0.1, 0.15) is 23.0 Å². The lowest BCUT2D eigenvalue weighted by Gasteiger charge is -2.35. The van der Waals surface area contributed by atoms with Crippen LogP contribution in [0.3, 0.4) is 0 Å². The molecule has 2 aromatic carbocycles. The molecule has 1 aromatic heterocycles. The molecule has 0 amide bonds. The van der Waals surface area contributed by atoms with Crippen LogP contribution in [-0.4, -0.2) is 45.7 Å². The van der Waals surface area contributed by atoms with Crippen molar-refractivity contribution in [1.82, 2.24) is 25.1 Å². The molecule has 6 nitrogen and oxygen atoms in total. The van der Waals surface area contributed by atoms with E-state index in [2.05, 4.69) is 49.6 Å². The number of benzene rings is 2. The fourth-order valence-electron chi connectivity index (χ4n) is 3.39. The topological polar surface area (TPSA) is 50.1 Å². The number of halogens is 1. The van der Waals surface area contributed by atoms with Gasteiger partial charge in [-0.15, -0.1) is 5.10 Å². The maximum atomic E-state index is 13.2. The first-order valence-corrected chi connectivity index (χ1v) is 8.63. The summed E-state index contributed by atoms with van der Waals surface area (Å²) >= 11 is 0. The highest BCUT2D eigenvalue weighted by atomic mass is 19.1. The van der Waals surface area contributed by atoms with E-state index in [1.54, 1.807) is 0 Å². The number of anilines is 1. The number of tetrazole rings is 1. The molecule has 3 aromatic rings. The molecule has 1 atom stereocenters. The Bertz CT molecular complexity index is 872. The zero-order valence-electron chi connectivity index (χ0n) is 14.9. The third-order valence-electron chi connectivity index (χ3n) is 4.79. The van der Waals surface area contributed by atoms with Crippen molar-refractivity contribution in [2.45, 2.75) is 19.1 Å². The lowest BCUT2D eigenvalue weighted by Crippen LogP contribution is -2.39. The van der Waals surface area contributed by atoms with Gasteiger partial charge in [0.25, 0.3) is 0 Å². The Morgan fingerprint density at radius 1 is 1.04 bits per heavy atom. The van der Waals surface area contributed by atoms with E-state index in [0.29, 0.717) is 6.54 Å². The highest BCUT2D eigenvalue weighted by Crippen LogP contribution is 2.32. The minimum absolute atomic E-state index is 0.0278. The van der Waals surface area contributed by atoms with E-state index in [9.17, 15) is 4.39 Å². The molecule has 0 radical (unpaired) electrons. The van der Waals surface area contributed by atoms with E-state index >= 15 is 0 Å². The molecule has 1 unspecified atom stereocenters. The van der Waals surface area contributed by atoms with Gasteiger partial charge >= 0.3 is 0 Å². The second-order valence-corrected chi connectivity index (χ2v) is 6.75. The molecule has 1 aliphatic heterocycles. The average Bonchev–Trinajstić information content (AvgIpc) is 3.12. The van der Waals surface area contributed by atoms with Gasteiger partial charge in [-0.2, -0.15) is 0 Å². The maximum absolute atomic E-state index is 13.2. The highest BCUT2D eigenvalue weighted by Gasteiger charge is 2.31. The average molecular weight is 352 g/mol. The van der Waals surface area contributed by atoms with Crippen molar-refractivity contribution in [1.29, 1.82) is 0 Å². The third kappa shape index (κ3) is 3.17. The van der Waals surface area contributed by atoms with Gasteiger partial charge in [0.15, 0.2) is 5.82 Å². The van der Waals surface area contributed by atoms with Crippen LogP contribution in [-0.2, 0) is 13.1 Å². The Hall–Kier alpha value is -2.80. The van der Waals surface area contributed by atoms with Gasteiger partial charge < -0.3 is 4.90 Å². The fourth-order valence-corrected chi connectivity index (χ4v) is 3.39. The number of aromatic nitrogens is 4. The first-order chi connectivity index (χ1) is 12.6. The maximum Gasteiger partial charge on any atom is 0.173 e. The molecular formula is C19H21FN6. The van der Waals surface area contributed by atoms with Gasteiger partial charge in [-0.3, -0.25) is 4.90 Å². The largest absolute Gasteiger partial charge is 0.378 e. The molecule has 0 aliphatic carbocycles. The molecule has 0 bridgehead atoms. The van der Waals surface area contributed by atoms with Crippen LogP contribution >= 0.6 is 0 Å². The normalized spacial score (nSPS) is 17.1. The second-order valence-electron chi connectivity index (χ2n) is 6.75. The quantitative estimate of drug-likeness (QED) is 0.722. The smallest absolute Gasteiger partial charge is 0.173 e. The molecule has 0 fully saturated rings. The standard InChI is InChI=1S/C19H21FN6/c1-24(2)17-9-5-15(6-10-17)18-19-21-22-23-26(19)12-11-25(18)13-14-3-7-16(20)8-4-14/h3-10,18H,11-13H2,1-2H3. The molecule has 0 saturated carbocycles. The van der Waals surface area contributed by atoms with Crippen LogP contribution < -0.4 is 4.90 Å². The number of hydrogen-bond donors (Lipinski definition) is 0. The SMILES string of the molecule is CN(C)c1ccc(C2c3nnnn3CCN2Cc2ccc(F)cc2)cc1. The van der Waals surface area contributed by atoms with Crippen LogP contribution in [0.5, 0.6) is 0 Å². The van der Waals surface area contributed by atoms with Crippen molar-refractivity contribution in [2.24, 2.45) is 0 Å². The summed E-state index contributed by atoms with van der Waals surface area (Å²) in [6.45, 7) is 2.29. The van der Waals surface area contributed by atoms with Gasteiger partial charge in [0.1, 0.15) is 5.82 Å². The van der Waals surface area contributed by atoms with Crippen molar-refractivity contribution < 1.29 is 4.39 Å². The Labute approximate surface area is 151 Å². The third-order valence-corrected chi connectivity index (χ3v) is 4.79. The summed E-state index contributed by atoms with van der Waals surface area (Å²) < 4.78 is 15.1. The van der Waals surface area contributed by atoms with Crippen LogP contribution in [0.15, 0.2) is 48.5 Å². The summed E-state index contributed by atoms with van der Waals surface area (Å²) in [5.41, 5.74) is 3.37. The highest BCUT2D eigenvalue weighted by molar-refractivity contribution is 5.47. The van der Waals surface area contributed by atoms with Crippen molar-refractivity contribution in [3.8, 4) is 0 Å². The van der Waals surface area contributed by atoms with Crippen molar-refractivity contribution in [3.63, 3.8) is 0 Å². The van der Waals surface area contributed by atoms with Crippen LogP contribution in [0, 0.1) is 5.82 Å². The van der Waals surface area contributed by atoms with Crippen molar-refractivity contribution >= 4 is 5.69 Å². The van der Waals surface area contributed by atoms with E-state index < -0.39 is 0 Å². The van der Waals surface area contributed by atoms with E-state index in [0.717, 1.165) is 35.7 Å². The Morgan fingerprint density at radius 2 is 1.77 bits per heavy atom. The molecule has 1 aliphatic rings. The first-order valence-electron chi connectivity index (χ1n) is 8.63. The lowest BCUT2D eigenvalue weighted by molar-refractivity contribution is 0.164. The summed E-state index contributed by atoms with van der Waals surface area (Å²) in [6, 6.07) is 15.1. The molecule has 134 valence electrons. The van der Waals surface area contributed by atoms with Crippen LogP contribution in [0.2, 0.25) is 0 Å². The molecule has 0 spiro atoms. The Kier molecular flexibility index (Phi) is 4.38. The number of fused-ring (bicyclic) bond motifs is 1. The Balaban J connectivity index is 1.67. The van der Waals surface area contributed by atoms with Gasteiger partial charge in [0.05, 0.1) is 12.6 Å². The lowest BCUT2D eigenvalue weighted by atomic mass is 10.0. The summed E-state index contributed by atoms with van der Waals surface area (Å²) in [5, 5.41) is 12.2. The number of rotatable bonds is 4. The summed E-state index contributed by atoms with van der Waals surface area (Å²) in [4.78, 5) is 4.41. The summed E-state index contributed by atoms with van der Waals surface area (Å²) in [5.74, 6) is 0.628. The molecule has 0 saturated heterocycles. The van der Waals surface area contributed by atoms with E-state index in [1.807, 2.05) is 30.9 Å². The van der Waals surface area contributed by atoms with Crippen LogP contribution in [0.25, 0.3) is 0 Å². The van der Waals surface area contributed by atoms with Gasteiger partial charge in [0.2, 0.25) is 0 Å². The predicted molar refractivity (Wildman–Crippen MR) is 97.2 cm³/mol. The second kappa shape index (κ2) is 6.84. The van der Waals surface area contributed by atoms with Crippen molar-refractivity contribution in [2.75, 3.05) is 25.5 Å². The van der Waals surface area contributed by atoms with Gasteiger partial charge in [-0.1, -0.05) is 24.3 Å². The monoisotopic (exact) mass is 352 g/mol. The van der Waals surface area contributed by atoms with E-state index in [-0.39, 0.29) is 11.9 Å². The van der Waals surface area contributed by atoms with Crippen LogP contribution in [0.4, 0.5) is 10.1 Å². The van der Waals surface area contributed by atoms with E-state index in [4.69, 9.17) is 0 Å². The van der Waals surface area contributed by atoms with Crippen molar-refractivity contribution in [3.05, 3.63) is 71.3 Å². The van der Waals surface area contributed by atoms with E-state index in [1.165, 1.54) is 12.1 Å². The van der Waals surface area contributed by atoms with Gasteiger partial charge in [0, 0.05) is 32.9 Å². The molecule has 7 heteroatoms. The molecule has 0 N–H and O–H groups in total. The minimum Gasteiger partial charge on any atom is -0.378 e. The van der Waals surface area contributed by atoms with Gasteiger partial charge in [-0.05, 0) is 45.8 Å². The first kappa shape index (κ1) is 16.7. The zero-order valence-corrected chi connectivity index (χ0v) is 14.9. The molecular weight excluding hydrogens is 331 g/mol.